The number of primary amides is 1. The monoisotopic (exact) mass is 570 g/mol. The van der Waals surface area contributed by atoms with Gasteiger partial charge in [0.05, 0.1) is 11.6 Å². The standard InChI is InChI=1S/C30H34N4OS.2ClH/c1-3-23-24(4-2)26(30(31)35)13-12-25(23)29(27-11-5-8-21-9-6-14-32-28(21)27)34-17-15-33(16-18-34)20-22-10-7-19-36-22;;/h5-14,19,29H,3-4,15-18,20H2,1-2H3,(H2,31,35);2*1H. The van der Waals surface area contributed by atoms with Crippen LogP contribution in [0.4, 0.5) is 0 Å². The first kappa shape index (κ1) is 30.1. The maximum Gasteiger partial charge on any atom is 0.248 e. The fraction of sp³-hybridized carbons (Fsp3) is 0.333. The number of pyridine rings is 1. The van der Waals surface area contributed by atoms with E-state index in [2.05, 4.69) is 71.5 Å². The van der Waals surface area contributed by atoms with Crippen LogP contribution in [0, 0.1) is 0 Å². The van der Waals surface area contributed by atoms with Gasteiger partial charge in [0.25, 0.3) is 0 Å². The molecule has 1 aliphatic rings. The van der Waals surface area contributed by atoms with Gasteiger partial charge in [-0.2, -0.15) is 0 Å². The van der Waals surface area contributed by atoms with E-state index < -0.39 is 0 Å². The van der Waals surface area contributed by atoms with Crippen LogP contribution in [-0.4, -0.2) is 46.9 Å². The molecule has 8 heteroatoms. The molecule has 38 heavy (non-hydrogen) atoms. The molecule has 0 saturated carbocycles. The summed E-state index contributed by atoms with van der Waals surface area (Å²) in [4.78, 5) is 23.6. The van der Waals surface area contributed by atoms with Crippen molar-refractivity contribution in [1.82, 2.24) is 14.8 Å². The van der Waals surface area contributed by atoms with Gasteiger partial charge in [0.1, 0.15) is 0 Å². The number of fused-ring (bicyclic) bond motifs is 1. The van der Waals surface area contributed by atoms with Gasteiger partial charge in [-0.25, -0.2) is 0 Å². The Kier molecular flexibility index (Phi) is 10.7. The van der Waals surface area contributed by atoms with Crippen LogP contribution in [0.1, 0.15) is 57.4 Å². The Labute approximate surface area is 241 Å². The van der Waals surface area contributed by atoms with Crippen LogP contribution in [0.2, 0.25) is 0 Å². The molecule has 3 heterocycles. The Bertz CT molecular complexity index is 1350. The van der Waals surface area contributed by atoms with Crippen LogP contribution in [0.5, 0.6) is 0 Å². The number of amides is 1. The second kappa shape index (κ2) is 13.5. The summed E-state index contributed by atoms with van der Waals surface area (Å²) in [7, 11) is 0. The van der Waals surface area contributed by atoms with Crippen molar-refractivity contribution in [2.24, 2.45) is 5.73 Å². The quantitative estimate of drug-likeness (QED) is 0.271. The molecule has 1 fully saturated rings. The number of nitrogens with two attached hydrogens (primary N) is 1. The Morgan fingerprint density at radius 1 is 0.921 bits per heavy atom. The highest BCUT2D eigenvalue weighted by molar-refractivity contribution is 7.09. The van der Waals surface area contributed by atoms with Gasteiger partial charge in [-0.1, -0.05) is 50.2 Å². The maximum absolute atomic E-state index is 12.2. The lowest BCUT2D eigenvalue weighted by Gasteiger charge is -2.40. The Balaban J connectivity index is 0.00000200. The zero-order valence-corrected chi connectivity index (χ0v) is 24.4. The summed E-state index contributed by atoms with van der Waals surface area (Å²) in [5.41, 5.74) is 12.3. The number of halogens is 2. The SMILES string of the molecule is CCc1c(C(N)=O)ccc(C(c2cccc3cccnc23)N2CCN(Cc3cccs3)CC2)c1CC.Cl.Cl. The maximum atomic E-state index is 12.2. The molecule has 0 radical (unpaired) electrons. The Morgan fingerprint density at radius 2 is 1.66 bits per heavy atom. The van der Waals surface area contributed by atoms with Crippen LogP contribution in [0.3, 0.4) is 0 Å². The average Bonchev–Trinajstić information content (AvgIpc) is 3.42. The van der Waals surface area contributed by atoms with Crippen molar-refractivity contribution in [3.05, 3.63) is 98.9 Å². The molecule has 0 bridgehead atoms. The van der Waals surface area contributed by atoms with E-state index in [-0.39, 0.29) is 36.8 Å². The minimum absolute atomic E-state index is 0. The molecule has 202 valence electrons. The minimum atomic E-state index is -0.348. The van der Waals surface area contributed by atoms with Crippen molar-refractivity contribution in [3.8, 4) is 0 Å². The number of rotatable bonds is 8. The highest BCUT2D eigenvalue weighted by atomic mass is 35.5. The number of nitrogens with zero attached hydrogens (tertiary/aromatic N) is 3. The van der Waals surface area contributed by atoms with E-state index >= 15 is 0 Å². The summed E-state index contributed by atoms with van der Waals surface area (Å²) in [6.45, 7) is 9.30. The zero-order chi connectivity index (χ0) is 25.1. The van der Waals surface area contributed by atoms with Crippen LogP contribution >= 0.6 is 36.2 Å². The number of carbonyl (C=O) groups excluding carboxylic acids is 1. The summed E-state index contributed by atoms with van der Waals surface area (Å²) in [6.07, 6.45) is 3.52. The lowest BCUT2D eigenvalue weighted by molar-refractivity contribution is 0.0998. The number of aromatic nitrogens is 1. The van der Waals surface area contributed by atoms with Gasteiger partial charge in [0.15, 0.2) is 0 Å². The van der Waals surface area contributed by atoms with E-state index in [1.165, 1.54) is 21.6 Å². The number of para-hydroxylation sites is 1. The molecule has 0 aliphatic carbocycles. The molecule has 4 aromatic rings. The first-order valence-electron chi connectivity index (χ1n) is 12.9. The molecule has 0 spiro atoms. The molecule has 1 atom stereocenters. The van der Waals surface area contributed by atoms with Gasteiger partial charge >= 0.3 is 0 Å². The summed E-state index contributed by atoms with van der Waals surface area (Å²) < 4.78 is 0. The van der Waals surface area contributed by atoms with Gasteiger partial charge in [-0.05, 0) is 53.1 Å². The van der Waals surface area contributed by atoms with Crippen molar-refractivity contribution >= 4 is 53.0 Å². The highest BCUT2D eigenvalue weighted by Crippen LogP contribution is 2.37. The molecule has 2 aromatic heterocycles. The van der Waals surface area contributed by atoms with E-state index in [0.717, 1.165) is 62.0 Å². The number of carbonyl (C=O) groups is 1. The predicted octanol–water partition coefficient (Wildman–Crippen LogP) is 6.27. The summed E-state index contributed by atoms with van der Waals surface area (Å²) in [5, 5.41) is 3.31. The lowest BCUT2D eigenvalue weighted by Crippen LogP contribution is -2.47. The fourth-order valence-corrected chi connectivity index (χ4v) is 6.48. The van der Waals surface area contributed by atoms with Crippen molar-refractivity contribution in [2.75, 3.05) is 26.2 Å². The zero-order valence-electron chi connectivity index (χ0n) is 21.9. The number of hydrogen-bond acceptors (Lipinski definition) is 5. The predicted molar refractivity (Wildman–Crippen MR) is 163 cm³/mol. The van der Waals surface area contributed by atoms with Gasteiger partial charge in [-0.3, -0.25) is 19.6 Å². The second-order valence-corrected chi connectivity index (χ2v) is 10.5. The van der Waals surface area contributed by atoms with Crippen molar-refractivity contribution in [2.45, 2.75) is 39.3 Å². The van der Waals surface area contributed by atoms with E-state index in [0.29, 0.717) is 5.56 Å². The normalized spacial score (nSPS) is 15.0. The molecule has 1 aliphatic heterocycles. The van der Waals surface area contributed by atoms with Crippen molar-refractivity contribution < 1.29 is 4.79 Å². The number of hydrogen-bond donors (Lipinski definition) is 1. The van der Waals surface area contributed by atoms with Gasteiger partial charge < -0.3 is 5.73 Å². The van der Waals surface area contributed by atoms with E-state index in [4.69, 9.17) is 10.7 Å². The van der Waals surface area contributed by atoms with Crippen LogP contribution in [-0.2, 0) is 19.4 Å². The Morgan fingerprint density at radius 3 is 2.32 bits per heavy atom. The molecule has 2 aromatic carbocycles. The third-order valence-electron chi connectivity index (χ3n) is 7.42. The van der Waals surface area contributed by atoms with E-state index in [1.807, 2.05) is 29.7 Å². The van der Waals surface area contributed by atoms with Crippen molar-refractivity contribution in [1.29, 1.82) is 0 Å². The van der Waals surface area contributed by atoms with Crippen LogP contribution in [0.15, 0.2) is 66.2 Å². The summed E-state index contributed by atoms with van der Waals surface area (Å²) in [5.74, 6) is -0.348. The number of thiophene rings is 1. The fourth-order valence-electron chi connectivity index (χ4n) is 5.73. The molecule has 1 saturated heterocycles. The van der Waals surface area contributed by atoms with Gasteiger partial charge in [0.2, 0.25) is 5.91 Å². The smallest absolute Gasteiger partial charge is 0.248 e. The van der Waals surface area contributed by atoms with Gasteiger partial charge in [0, 0.05) is 60.3 Å². The number of piperazine rings is 1. The first-order chi connectivity index (χ1) is 17.6. The Hall–Kier alpha value is -2.48. The first-order valence-corrected chi connectivity index (χ1v) is 13.8. The van der Waals surface area contributed by atoms with Crippen molar-refractivity contribution in [3.63, 3.8) is 0 Å². The summed E-state index contributed by atoms with van der Waals surface area (Å²) >= 11 is 1.83. The highest BCUT2D eigenvalue weighted by Gasteiger charge is 2.30. The largest absolute Gasteiger partial charge is 0.366 e. The molecule has 5 rings (SSSR count). The third-order valence-corrected chi connectivity index (χ3v) is 8.29. The van der Waals surface area contributed by atoms with Gasteiger partial charge in [-0.15, -0.1) is 36.2 Å². The summed E-state index contributed by atoms with van der Waals surface area (Å²) in [6, 6.07) is 19.1. The molecule has 2 N–H and O–H groups in total. The molecular weight excluding hydrogens is 535 g/mol. The topological polar surface area (TPSA) is 62.5 Å². The van der Waals surface area contributed by atoms with E-state index in [1.54, 1.807) is 0 Å². The van der Waals surface area contributed by atoms with E-state index in [9.17, 15) is 4.79 Å². The lowest BCUT2D eigenvalue weighted by atomic mass is 9.85. The second-order valence-electron chi connectivity index (χ2n) is 9.45. The average molecular weight is 572 g/mol. The molecular formula is C30H36Cl2N4OS. The minimum Gasteiger partial charge on any atom is -0.366 e. The third kappa shape index (κ3) is 6.05. The van der Waals surface area contributed by atoms with Crippen LogP contribution in [0.25, 0.3) is 10.9 Å². The number of benzene rings is 2. The van der Waals surface area contributed by atoms with Crippen LogP contribution < -0.4 is 5.73 Å². The molecule has 5 nitrogen and oxygen atoms in total. The molecule has 1 amide bonds. The molecule has 1 unspecified atom stereocenters.